The number of nitrogens with zero attached hydrogens (tertiary/aromatic N) is 2. The molecular formula is C20H22N4O2. The Balaban J connectivity index is 1.67. The van der Waals surface area contributed by atoms with E-state index in [2.05, 4.69) is 20.6 Å². The van der Waals surface area contributed by atoms with Crippen molar-refractivity contribution in [3.63, 3.8) is 0 Å². The summed E-state index contributed by atoms with van der Waals surface area (Å²) in [5, 5.41) is 6.52. The molecule has 0 fully saturated rings. The first-order chi connectivity index (χ1) is 12.7. The molecule has 1 aromatic heterocycles. The Morgan fingerprint density at radius 2 is 1.81 bits per heavy atom. The molecule has 0 unspecified atom stereocenters. The molecule has 2 aromatic carbocycles. The molecule has 3 aromatic rings. The maximum absolute atomic E-state index is 5.34. The molecule has 0 saturated carbocycles. The van der Waals surface area contributed by atoms with Crippen molar-refractivity contribution in [2.75, 3.05) is 24.9 Å². The fourth-order valence-corrected chi connectivity index (χ4v) is 2.55. The zero-order valence-electron chi connectivity index (χ0n) is 15.1. The highest BCUT2D eigenvalue weighted by Crippen LogP contribution is 2.27. The van der Waals surface area contributed by atoms with Crippen LogP contribution >= 0.6 is 0 Å². The number of aryl methyl sites for hydroxylation is 1. The van der Waals surface area contributed by atoms with Crippen LogP contribution in [0.3, 0.4) is 0 Å². The Labute approximate surface area is 153 Å². The molecule has 0 atom stereocenters. The van der Waals surface area contributed by atoms with E-state index in [0.29, 0.717) is 24.0 Å². The zero-order chi connectivity index (χ0) is 18.4. The third kappa shape index (κ3) is 4.42. The van der Waals surface area contributed by atoms with Gasteiger partial charge in [-0.15, -0.1) is 0 Å². The first kappa shape index (κ1) is 17.5. The predicted molar refractivity (Wildman–Crippen MR) is 103 cm³/mol. The van der Waals surface area contributed by atoms with Gasteiger partial charge in [-0.3, -0.25) is 0 Å². The minimum absolute atomic E-state index is 0.549. The number of ether oxygens (including phenoxy) is 2. The van der Waals surface area contributed by atoms with E-state index in [4.69, 9.17) is 9.47 Å². The molecule has 0 aliphatic carbocycles. The normalized spacial score (nSPS) is 10.3. The van der Waals surface area contributed by atoms with Gasteiger partial charge in [0.15, 0.2) is 11.5 Å². The van der Waals surface area contributed by atoms with Gasteiger partial charge in [0.1, 0.15) is 5.82 Å². The lowest BCUT2D eigenvalue weighted by atomic mass is 10.2. The molecule has 6 heteroatoms. The largest absolute Gasteiger partial charge is 0.493 e. The monoisotopic (exact) mass is 350 g/mol. The third-order valence-corrected chi connectivity index (χ3v) is 3.85. The van der Waals surface area contributed by atoms with Crippen molar-refractivity contribution in [1.29, 1.82) is 0 Å². The highest BCUT2D eigenvalue weighted by molar-refractivity contribution is 5.55. The van der Waals surface area contributed by atoms with Crippen molar-refractivity contribution in [3.8, 4) is 11.5 Å². The number of rotatable bonds is 7. The molecule has 0 radical (unpaired) electrons. The minimum Gasteiger partial charge on any atom is -0.493 e. The average Bonchev–Trinajstić information content (AvgIpc) is 2.66. The first-order valence-electron chi connectivity index (χ1n) is 8.29. The van der Waals surface area contributed by atoms with Gasteiger partial charge in [0, 0.05) is 18.4 Å². The lowest BCUT2D eigenvalue weighted by Gasteiger charge is -2.11. The van der Waals surface area contributed by atoms with Crippen LogP contribution < -0.4 is 20.1 Å². The van der Waals surface area contributed by atoms with Crippen LogP contribution in [0.4, 0.5) is 17.5 Å². The van der Waals surface area contributed by atoms with Crippen molar-refractivity contribution in [2.45, 2.75) is 13.5 Å². The number of benzene rings is 2. The fourth-order valence-electron chi connectivity index (χ4n) is 2.55. The van der Waals surface area contributed by atoms with Gasteiger partial charge in [-0.1, -0.05) is 18.2 Å². The second-order valence-electron chi connectivity index (χ2n) is 5.80. The molecule has 0 bridgehead atoms. The van der Waals surface area contributed by atoms with E-state index in [9.17, 15) is 0 Å². The molecule has 6 nitrogen and oxygen atoms in total. The highest BCUT2D eigenvalue weighted by Gasteiger charge is 2.05. The van der Waals surface area contributed by atoms with Gasteiger partial charge in [-0.25, -0.2) is 4.98 Å². The number of methoxy groups -OCH3 is 2. The second kappa shape index (κ2) is 8.20. The first-order valence-corrected chi connectivity index (χ1v) is 8.29. The van der Waals surface area contributed by atoms with Crippen molar-refractivity contribution >= 4 is 17.5 Å². The van der Waals surface area contributed by atoms with E-state index in [0.717, 1.165) is 17.1 Å². The van der Waals surface area contributed by atoms with E-state index in [1.54, 1.807) is 20.4 Å². The summed E-state index contributed by atoms with van der Waals surface area (Å²) in [6.07, 6.45) is 1.72. The molecule has 0 amide bonds. The molecule has 1 heterocycles. The summed E-state index contributed by atoms with van der Waals surface area (Å²) < 4.78 is 10.6. The summed E-state index contributed by atoms with van der Waals surface area (Å²) in [7, 11) is 3.25. The van der Waals surface area contributed by atoms with Crippen LogP contribution in [0.25, 0.3) is 0 Å². The van der Waals surface area contributed by atoms with Crippen LogP contribution in [0.15, 0.2) is 54.7 Å². The van der Waals surface area contributed by atoms with E-state index in [1.165, 1.54) is 5.56 Å². The standard InChI is InChI=1S/C20H22N4O2/c1-14-5-4-6-16(11-14)23-20-21-10-9-19(24-20)22-13-15-7-8-17(25-2)18(12-15)26-3/h4-12H,13H2,1-3H3,(H2,21,22,23,24). The summed E-state index contributed by atoms with van der Waals surface area (Å²) in [5.74, 6) is 2.71. The molecule has 3 rings (SSSR count). The number of hydrogen-bond acceptors (Lipinski definition) is 6. The smallest absolute Gasteiger partial charge is 0.229 e. The second-order valence-corrected chi connectivity index (χ2v) is 5.80. The van der Waals surface area contributed by atoms with Crippen LogP contribution in [0.1, 0.15) is 11.1 Å². The lowest BCUT2D eigenvalue weighted by molar-refractivity contribution is 0.354. The fraction of sp³-hybridized carbons (Fsp3) is 0.200. The van der Waals surface area contributed by atoms with Gasteiger partial charge < -0.3 is 20.1 Å². The Morgan fingerprint density at radius 3 is 2.58 bits per heavy atom. The molecule has 26 heavy (non-hydrogen) atoms. The summed E-state index contributed by atoms with van der Waals surface area (Å²) in [6, 6.07) is 15.7. The SMILES string of the molecule is COc1ccc(CNc2ccnc(Nc3cccc(C)c3)n2)cc1OC. The van der Waals surface area contributed by atoms with Gasteiger partial charge in [0.2, 0.25) is 5.95 Å². The summed E-state index contributed by atoms with van der Waals surface area (Å²) in [4.78, 5) is 8.77. The van der Waals surface area contributed by atoms with Gasteiger partial charge in [-0.05, 0) is 48.4 Å². The van der Waals surface area contributed by atoms with Gasteiger partial charge in [0.05, 0.1) is 14.2 Å². The number of aromatic nitrogens is 2. The average molecular weight is 350 g/mol. The van der Waals surface area contributed by atoms with E-state index in [-0.39, 0.29) is 0 Å². The maximum atomic E-state index is 5.34. The third-order valence-electron chi connectivity index (χ3n) is 3.85. The number of nitrogens with one attached hydrogen (secondary N) is 2. The Bertz CT molecular complexity index is 883. The van der Waals surface area contributed by atoms with Gasteiger partial charge in [0.25, 0.3) is 0 Å². The van der Waals surface area contributed by atoms with Crippen molar-refractivity contribution in [2.24, 2.45) is 0 Å². The highest BCUT2D eigenvalue weighted by atomic mass is 16.5. The van der Waals surface area contributed by atoms with Crippen LogP contribution in [0, 0.1) is 6.92 Å². The molecule has 0 saturated heterocycles. The maximum Gasteiger partial charge on any atom is 0.229 e. The molecule has 134 valence electrons. The molecule has 0 aliphatic rings. The summed E-state index contributed by atoms with van der Waals surface area (Å²) >= 11 is 0. The summed E-state index contributed by atoms with van der Waals surface area (Å²) in [6.45, 7) is 2.66. The lowest BCUT2D eigenvalue weighted by Crippen LogP contribution is -2.04. The number of hydrogen-bond donors (Lipinski definition) is 2. The predicted octanol–water partition coefficient (Wildman–Crippen LogP) is 4.16. The molecule has 0 spiro atoms. The van der Waals surface area contributed by atoms with Crippen LogP contribution in [-0.4, -0.2) is 24.2 Å². The van der Waals surface area contributed by atoms with Crippen molar-refractivity contribution in [1.82, 2.24) is 9.97 Å². The quantitative estimate of drug-likeness (QED) is 0.667. The van der Waals surface area contributed by atoms with E-state index >= 15 is 0 Å². The van der Waals surface area contributed by atoms with Crippen LogP contribution in [0.2, 0.25) is 0 Å². The van der Waals surface area contributed by atoms with Crippen LogP contribution in [0.5, 0.6) is 11.5 Å². The van der Waals surface area contributed by atoms with Crippen molar-refractivity contribution < 1.29 is 9.47 Å². The Hall–Kier alpha value is -3.28. The molecular weight excluding hydrogens is 328 g/mol. The molecule has 0 aliphatic heterocycles. The molecule has 2 N–H and O–H groups in total. The Morgan fingerprint density at radius 1 is 0.962 bits per heavy atom. The van der Waals surface area contributed by atoms with E-state index < -0.39 is 0 Å². The Kier molecular flexibility index (Phi) is 5.53. The number of anilines is 3. The minimum atomic E-state index is 0.549. The zero-order valence-corrected chi connectivity index (χ0v) is 15.1. The topological polar surface area (TPSA) is 68.3 Å². The van der Waals surface area contributed by atoms with Gasteiger partial charge in [-0.2, -0.15) is 4.98 Å². The van der Waals surface area contributed by atoms with Gasteiger partial charge >= 0.3 is 0 Å². The van der Waals surface area contributed by atoms with Crippen molar-refractivity contribution in [3.05, 3.63) is 65.9 Å². The van der Waals surface area contributed by atoms with E-state index in [1.807, 2.05) is 55.5 Å². The van der Waals surface area contributed by atoms with Crippen LogP contribution in [-0.2, 0) is 6.54 Å². The summed E-state index contributed by atoms with van der Waals surface area (Å²) in [5.41, 5.74) is 3.20.